The van der Waals surface area contributed by atoms with E-state index in [1.165, 1.54) is 27.5 Å². The summed E-state index contributed by atoms with van der Waals surface area (Å²) < 4.78 is 13.9. The van der Waals surface area contributed by atoms with Crippen molar-refractivity contribution < 1.29 is 9.47 Å². The van der Waals surface area contributed by atoms with Crippen molar-refractivity contribution in [2.75, 3.05) is 9.80 Å². The van der Waals surface area contributed by atoms with Gasteiger partial charge in [-0.15, -0.1) is 0 Å². The Morgan fingerprint density at radius 3 is 1.46 bits per heavy atom. The van der Waals surface area contributed by atoms with E-state index in [1.807, 2.05) is 30.3 Å². The number of fused-ring (bicyclic) bond motifs is 4. The van der Waals surface area contributed by atoms with Gasteiger partial charge in [-0.2, -0.15) is 0 Å². The van der Waals surface area contributed by atoms with Crippen molar-refractivity contribution in [3.8, 4) is 50.6 Å². The summed E-state index contributed by atoms with van der Waals surface area (Å²) in [4.78, 5) is 4.97. The van der Waals surface area contributed by atoms with E-state index in [0.29, 0.717) is 0 Å². The maximum absolute atomic E-state index is 6.98. The first-order valence-electron chi connectivity index (χ1n) is 22.5. The Hall–Kier alpha value is -7.76. The minimum atomic E-state index is -0.461. The van der Waals surface area contributed by atoms with Gasteiger partial charge in [0.15, 0.2) is 0 Å². The summed E-state index contributed by atoms with van der Waals surface area (Å²) in [5.41, 5.74) is 18.9. The van der Waals surface area contributed by atoms with Gasteiger partial charge >= 0.3 is 0 Å². The Kier molecular flexibility index (Phi) is 9.92. The van der Waals surface area contributed by atoms with Gasteiger partial charge < -0.3 is 19.3 Å². The van der Waals surface area contributed by atoms with Crippen LogP contribution in [0.1, 0.15) is 31.9 Å². The quantitative estimate of drug-likeness (QED) is 0.142. The van der Waals surface area contributed by atoms with Gasteiger partial charge in [-0.05, 0) is 110 Å². The van der Waals surface area contributed by atoms with Crippen LogP contribution in [0, 0.1) is 13.8 Å². The Balaban J connectivity index is 1.28. The maximum atomic E-state index is 6.98. The molecule has 65 heavy (non-hydrogen) atoms. The number of hydrogen-bond donors (Lipinski definition) is 0. The van der Waals surface area contributed by atoms with Crippen LogP contribution in [-0.2, 0) is 0 Å². The molecule has 0 saturated carbocycles. The van der Waals surface area contributed by atoms with Gasteiger partial charge in [-0.25, -0.2) is 0 Å². The Bertz CT molecular complexity index is 3160. The van der Waals surface area contributed by atoms with Crippen LogP contribution in [0.4, 0.5) is 34.1 Å². The summed E-state index contributed by atoms with van der Waals surface area (Å²) >= 11 is 0. The van der Waals surface area contributed by atoms with Gasteiger partial charge in [-0.1, -0.05) is 169 Å². The van der Waals surface area contributed by atoms with Crippen molar-refractivity contribution in [1.82, 2.24) is 0 Å². The maximum Gasteiger partial charge on any atom is 0.252 e. The van der Waals surface area contributed by atoms with Gasteiger partial charge in [0.25, 0.3) is 6.71 Å². The monoisotopic (exact) mass is 840 g/mol. The van der Waals surface area contributed by atoms with Gasteiger partial charge in [0.1, 0.15) is 22.8 Å². The zero-order valence-electron chi connectivity index (χ0n) is 37.4. The molecule has 0 radical (unpaired) electrons. The molecule has 0 bridgehead atoms. The van der Waals surface area contributed by atoms with E-state index in [9.17, 15) is 0 Å². The van der Waals surface area contributed by atoms with Crippen molar-refractivity contribution >= 4 is 57.2 Å². The minimum Gasteiger partial charge on any atom is -0.486 e. The minimum absolute atomic E-state index is 0.0866. The zero-order chi connectivity index (χ0) is 44.2. The van der Waals surface area contributed by atoms with Crippen LogP contribution in [0.25, 0.3) is 33.4 Å². The van der Waals surface area contributed by atoms with Crippen LogP contribution in [0.15, 0.2) is 206 Å². The smallest absolute Gasteiger partial charge is 0.252 e. The molecule has 0 saturated heterocycles. The van der Waals surface area contributed by atoms with Crippen molar-refractivity contribution in [3.05, 3.63) is 217 Å². The van der Waals surface area contributed by atoms with E-state index in [2.05, 4.69) is 220 Å². The lowest BCUT2D eigenvalue weighted by Crippen LogP contribution is -2.61. The van der Waals surface area contributed by atoms with E-state index in [4.69, 9.17) is 9.47 Å². The fraction of sp³-hybridized carbons (Fsp3) is 0.100. The largest absolute Gasteiger partial charge is 0.486 e. The Labute approximate surface area is 383 Å². The van der Waals surface area contributed by atoms with Crippen LogP contribution in [-0.4, -0.2) is 12.3 Å². The SMILES string of the molecule is Cc1ccc2c(c1)B1c3cc(C)ccc3N(c3c(-c4ccccc4)cccc3-c3ccccc3)c3cc(Oc4ccccc4)cc(c31)N2c1cc(-c2ccccc2)ccc1OC(C)(C)C. The fourth-order valence-electron chi connectivity index (χ4n) is 9.81. The standard InChI is InChI=1S/C60H49BN2O2/c1-40-29-32-52-50(35-40)61-51-36-41(2)30-33-53(51)63(59-48(43-21-12-7-13-22-43)27-18-28-49(59)44-23-14-8-15-24-44)56-39-47(64-46-25-16-9-17-26-46)38-55(58(56)61)62(52)54-37-45(42-19-10-6-11-20-42)31-34-57(54)65-60(3,4)5/h6-39H,1-5H3. The highest BCUT2D eigenvalue weighted by atomic mass is 16.5. The number of anilines is 6. The van der Waals surface area contributed by atoms with E-state index >= 15 is 0 Å². The molecule has 0 fully saturated rings. The molecule has 0 unspecified atom stereocenters. The number of rotatable bonds is 8. The highest BCUT2D eigenvalue weighted by molar-refractivity contribution is 7.00. The first-order valence-corrected chi connectivity index (χ1v) is 22.5. The van der Waals surface area contributed by atoms with Crippen molar-refractivity contribution in [3.63, 3.8) is 0 Å². The normalized spacial score (nSPS) is 12.6. The molecule has 4 nitrogen and oxygen atoms in total. The summed E-state index contributed by atoms with van der Waals surface area (Å²) in [6, 6.07) is 74.1. The second-order valence-corrected chi connectivity index (χ2v) is 18.2. The van der Waals surface area contributed by atoms with E-state index in [0.717, 1.165) is 84.8 Å². The summed E-state index contributed by atoms with van der Waals surface area (Å²) in [7, 11) is 0. The number of benzene rings is 9. The van der Waals surface area contributed by atoms with Crippen LogP contribution >= 0.6 is 0 Å². The molecule has 2 aliphatic heterocycles. The van der Waals surface area contributed by atoms with Crippen molar-refractivity contribution in [1.29, 1.82) is 0 Å². The fourth-order valence-corrected chi connectivity index (χ4v) is 9.81. The molecule has 0 atom stereocenters. The Morgan fingerprint density at radius 1 is 0.400 bits per heavy atom. The second-order valence-electron chi connectivity index (χ2n) is 18.2. The Morgan fingerprint density at radius 2 is 0.908 bits per heavy atom. The number of aryl methyl sites for hydroxylation is 2. The lowest BCUT2D eigenvalue weighted by Gasteiger charge is -2.45. The van der Waals surface area contributed by atoms with E-state index in [1.54, 1.807) is 0 Å². The number of nitrogens with zero attached hydrogens (tertiary/aromatic N) is 2. The van der Waals surface area contributed by atoms with Crippen molar-refractivity contribution in [2.24, 2.45) is 0 Å². The predicted molar refractivity (Wildman–Crippen MR) is 273 cm³/mol. The number of ether oxygens (including phenoxy) is 2. The summed E-state index contributed by atoms with van der Waals surface area (Å²) in [6.45, 7) is 10.7. The molecule has 9 aromatic rings. The third-order valence-corrected chi connectivity index (χ3v) is 12.5. The van der Waals surface area contributed by atoms with E-state index in [-0.39, 0.29) is 6.71 Å². The van der Waals surface area contributed by atoms with Gasteiger partial charge in [-0.3, -0.25) is 0 Å². The average molecular weight is 841 g/mol. The number of hydrogen-bond acceptors (Lipinski definition) is 4. The first-order chi connectivity index (χ1) is 31.7. The van der Waals surface area contributed by atoms with Gasteiger partial charge in [0, 0.05) is 46.0 Å². The topological polar surface area (TPSA) is 24.9 Å². The molecule has 11 rings (SSSR count). The molecule has 5 heteroatoms. The molecular formula is C60H49BN2O2. The molecule has 2 aliphatic rings. The van der Waals surface area contributed by atoms with Crippen molar-refractivity contribution in [2.45, 2.75) is 40.2 Å². The second kappa shape index (κ2) is 16.1. The molecule has 0 amide bonds. The predicted octanol–water partition coefficient (Wildman–Crippen LogP) is 14.4. The molecule has 0 aromatic heterocycles. The van der Waals surface area contributed by atoms with Gasteiger partial charge in [0.2, 0.25) is 0 Å². The molecule has 0 spiro atoms. The third-order valence-electron chi connectivity index (χ3n) is 12.5. The zero-order valence-corrected chi connectivity index (χ0v) is 37.4. The summed E-state index contributed by atoms with van der Waals surface area (Å²) in [6.07, 6.45) is 0. The lowest BCUT2D eigenvalue weighted by molar-refractivity contribution is 0.131. The molecule has 314 valence electrons. The highest BCUT2D eigenvalue weighted by Gasteiger charge is 2.45. The van der Waals surface area contributed by atoms with Crippen LogP contribution in [0.2, 0.25) is 0 Å². The van der Waals surface area contributed by atoms with Crippen LogP contribution in [0.5, 0.6) is 17.2 Å². The molecular weight excluding hydrogens is 791 g/mol. The summed E-state index contributed by atoms with van der Waals surface area (Å²) in [5.74, 6) is 2.31. The average Bonchev–Trinajstić information content (AvgIpc) is 3.32. The first kappa shape index (κ1) is 40.0. The molecule has 0 aliphatic carbocycles. The van der Waals surface area contributed by atoms with Crippen LogP contribution < -0.4 is 35.7 Å². The molecule has 9 aromatic carbocycles. The van der Waals surface area contributed by atoms with Gasteiger partial charge in [0.05, 0.1) is 11.4 Å². The molecule has 2 heterocycles. The molecule has 0 N–H and O–H groups in total. The summed E-state index contributed by atoms with van der Waals surface area (Å²) in [5, 5.41) is 0. The third kappa shape index (κ3) is 7.33. The number of para-hydroxylation sites is 2. The van der Waals surface area contributed by atoms with E-state index < -0.39 is 5.60 Å². The lowest BCUT2D eigenvalue weighted by atomic mass is 9.33. The highest BCUT2D eigenvalue weighted by Crippen LogP contribution is 2.52. The van der Waals surface area contributed by atoms with Crippen LogP contribution in [0.3, 0.4) is 0 Å².